The van der Waals surface area contributed by atoms with Crippen molar-refractivity contribution in [2.24, 2.45) is 0 Å². The van der Waals surface area contributed by atoms with Crippen molar-refractivity contribution in [1.82, 2.24) is 4.90 Å². The Morgan fingerprint density at radius 3 is 2.57 bits per heavy atom. The molecule has 1 atom stereocenters. The molecule has 1 amide bonds. The second-order valence-electron chi connectivity index (χ2n) is 5.27. The van der Waals surface area contributed by atoms with E-state index in [1.807, 2.05) is 0 Å². The maximum atomic E-state index is 12.0. The average molecular weight is 380 g/mol. The third kappa shape index (κ3) is 4.59. The molecule has 0 saturated carbocycles. The Morgan fingerprint density at radius 2 is 2.00 bits per heavy atom. The summed E-state index contributed by atoms with van der Waals surface area (Å²) in [6, 6.07) is 3.87. The third-order valence-electron chi connectivity index (χ3n) is 3.63. The highest BCUT2D eigenvalue weighted by molar-refractivity contribution is 7.91. The predicted molar refractivity (Wildman–Crippen MR) is 86.6 cm³/mol. The van der Waals surface area contributed by atoms with E-state index in [4.69, 9.17) is 27.9 Å². The van der Waals surface area contributed by atoms with Gasteiger partial charge in [0.05, 0.1) is 27.1 Å². The van der Waals surface area contributed by atoms with Gasteiger partial charge in [-0.3, -0.25) is 4.79 Å². The number of esters is 1. The SMILES string of the molecule is CN(C(=O)COC(=O)c1ccc(Cl)c(Cl)c1)C1CCS(=O)(=O)C1. The topological polar surface area (TPSA) is 80.8 Å². The highest BCUT2D eigenvalue weighted by atomic mass is 35.5. The van der Waals surface area contributed by atoms with Crippen LogP contribution >= 0.6 is 23.2 Å². The molecular weight excluding hydrogens is 365 g/mol. The maximum absolute atomic E-state index is 12.0. The van der Waals surface area contributed by atoms with E-state index in [1.54, 1.807) is 0 Å². The van der Waals surface area contributed by atoms with E-state index in [9.17, 15) is 18.0 Å². The van der Waals surface area contributed by atoms with Crippen molar-refractivity contribution in [3.63, 3.8) is 0 Å². The second kappa shape index (κ2) is 7.07. The van der Waals surface area contributed by atoms with Gasteiger partial charge >= 0.3 is 5.97 Å². The number of hydrogen-bond acceptors (Lipinski definition) is 5. The number of halogens is 2. The van der Waals surface area contributed by atoms with Crippen molar-refractivity contribution in [2.45, 2.75) is 12.5 Å². The smallest absolute Gasteiger partial charge is 0.338 e. The fourth-order valence-corrected chi connectivity index (χ4v) is 4.29. The standard InChI is InChI=1S/C14H15Cl2NO5S/c1-17(10-4-5-23(20,21)8-10)13(18)7-22-14(19)9-2-3-11(15)12(16)6-9/h2-3,6,10H,4-5,7-8H2,1H3. The van der Waals surface area contributed by atoms with Gasteiger partial charge in [-0.25, -0.2) is 13.2 Å². The largest absolute Gasteiger partial charge is 0.452 e. The molecule has 0 aromatic heterocycles. The van der Waals surface area contributed by atoms with Crippen LogP contribution in [0.1, 0.15) is 16.8 Å². The molecule has 1 unspecified atom stereocenters. The van der Waals surface area contributed by atoms with E-state index in [2.05, 4.69) is 0 Å². The molecule has 0 radical (unpaired) electrons. The van der Waals surface area contributed by atoms with Crippen LogP contribution in [0.5, 0.6) is 0 Å². The van der Waals surface area contributed by atoms with Gasteiger partial charge in [0.15, 0.2) is 16.4 Å². The van der Waals surface area contributed by atoms with Gasteiger partial charge in [-0.05, 0) is 24.6 Å². The predicted octanol–water partition coefficient (Wildman–Crippen LogP) is 1.80. The first-order chi connectivity index (χ1) is 10.7. The Bertz CT molecular complexity index is 735. The minimum atomic E-state index is -3.09. The summed E-state index contributed by atoms with van der Waals surface area (Å²) in [7, 11) is -1.59. The molecule has 0 bridgehead atoms. The molecule has 1 fully saturated rings. The van der Waals surface area contributed by atoms with Crippen LogP contribution in [0.2, 0.25) is 10.0 Å². The first-order valence-electron chi connectivity index (χ1n) is 6.78. The average Bonchev–Trinajstić information content (AvgIpc) is 2.86. The summed E-state index contributed by atoms with van der Waals surface area (Å²) >= 11 is 11.6. The number of sulfone groups is 1. The van der Waals surface area contributed by atoms with E-state index in [0.717, 1.165) is 0 Å². The molecule has 126 valence electrons. The van der Waals surface area contributed by atoms with Crippen molar-refractivity contribution in [1.29, 1.82) is 0 Å². The normalized spacial score (nSPS) is 19.3. The molecular formula is C14H15Cl2NO5S. The molecule has 1 saturated heterocycles. The van der Waals surface area contributed by atoms with Crippen LogP contribution in [0, 0.1) is 0 Å². The molecule has 0 spiro atoms. The number of nitrogens with zero attached hydrogens (tertiary/aromatic N) is 1. The fraction of sp³-hybridized carbons (Fsp3) is 0.429. The third-order valence-corrected chi connectivity index (χ3v) is 6.12. The second-order valence-corrected chi connectivity index (χ2v) is 8.31. The molecule has 1 aliphatic rings. The van der Waals surface area contributed by atoms with E-state index in [1.165, 1.54) is 30.1 Å². The summed E-state index contributed by atoms with van der Waals surface area (Å²) < 4.78 is 27.8. The van der Waals surface area contributed by atoms with Gasteiger partial charge in [-0.1, -0.05) is 23.2 Å². The van der Waals surface area contributed by atoms with Crippen LogP contribution < -0.4 is 0 Å². The highest BCUT2D eigenvalue weighted by Gasteiger charge is 2.32. The Morgan fingerprint density at radius 1 is 1.30 bits per heavy atom. The van der Waals surface area contributed by atoms with Gasteiger partial charge in [0.25, 0.3) is 5.91 Å². The zero-order chi connectivity index (χ0) is 17.2. The molecule has 0 N–H and O–H groups in total. The molecule has 1 aromatic rings. The lowest BCUT2D eigenvalue weighted by molar-refractivity contribution is -0.134. The van der Waals surface area contributed by atoms with E-state index < -0.39 is 28.3 Å². The number of benzene rings is 1. The quantitative estimate of drug-likeness (QED) is 0.744. The number of amides is 1. The molecule has 1 heterocycles. The summed E-state index contributed by atoms with van der Waals surface area (Å²) in [5.41, 5.74) is 0.179. The summed E-state index contributed by atoms with van der Waals surface area (Å²) in [5.74, 6) is -1.15. The van der Waals surface area contributed by atoms with E-state index in [0.29, 0.717) is 11.4 Å². The maximum Gasteiger partial charge on any atom is 0.338 e. The lowest BCUT2D eigenvalue weighted by atomic mass is 10.2. The van der Waals surface area contributed by atoms with Crippen molar-refractivity contribution < 1.29 is 22.7 Å². The minimum Gasteiger partial charge on any atom is -0.452 e. The monoisotopic (exact) mass is 379 g/mol. The van der Waals surface area contributed by atoms with Gasteiger partial charge in [-0.2, -0.15) is 0 Å². The van der Waals surface area contributed by atoms with Crippen LogP contribution in [0.25, 0.3) is 0 Å². The Kier molecular flexibility index (Phi) is 5.54. The first-order valence-corrected chi connectivity index (χ1v) is 9.35. The summed E-state index contributed by atoms with van der Waals surface area (Å²) in [5, 5.41) is 0.516. The first kappa shape index (κ1) is 18.0. The highest BCUT2D eigenvalue weighted by Crippen LogP contribution is 2.23. The minimum absolute atomic E-state index is 0.0595. The molecule has 23 heavy (non-hydrogen) atoms. The van der Waals surface area contributed by atoms with Crippen LogP contribution in [0.15, 0.2) is 18.2 Å². The van der Waals surface area contributed by atoms with Gasteiger partial charge in [-0.15, -0.1) is 0 Å². The van der Waals surface area contributed by atoms with Crippen molar-refractivity contribution >= 4 is 44.9 Å². The lowest BCUT2D eigenvalue weighted by Gasteiger charge is -2.23. The van der Waals surface area contributed by atoms with Gasteiger partial charge in [0.1, 0.15) is 0 Å². The molecule has 2 rings (SSSR count). The van der Waals surface area contributed by atoms with Gasteiger partial charge < -0.3 is 9.64 Å². The molecule has 6 nitrogen and oxygen atoms in total. The summed E-state index contributed by atoms with van der Waals surface area (Å²) in [4.78, 5) is 25.2. The van der Waals surface area contributed by atoms with E-state index >= 15 is 0 Å². The number of likely N-dealkylation sites (N-methyl/N-ethyl adjacent to an activating group) is 1. The fourth-order valence-electron chi connectivity index (χ4n) is 2.22. The van der Waals surface area contributed by atoms with Gasteiger partial charge in [0.2, 0.25) is 0 Å². The Labute approximate surface area is 144 Å². The number of rotatable bonds is 4. The zero-order valence-electron chi connectivity index (χ0n) is 12.3. The summed E-state index contributed by atoms with van der Waals surface area (Å²) in [6.07, 6.45) is 0.394. The number of carbonyl (C=O) groups is 2. The van der Waals surface area contributed by atoms with Gasteiger partial charge in [0, 0.05) is 13.1 Å². The van der Waals surface area contributed by atoms with Crippen molar-refractivity contribution in [3.05, 3.63) is 33.8 Å². The Balaban J connectivity index is 1.91. The number of ether oxygens (including phenoxy) is 1. The molecule has 9 heteroatoms. The molecule has 1 aromatic carbocycles. The molecule has 1 aliphatic heterocycles. The van der Waals surface area contributed by atoms with Crippen LogP contribution in [0.3, 0.4) is 0 Å². The van der Waals surface area contributed by atoms with Crippen LogP contribution in [0.4, 0.5) is 0 Å². The molecule has 0 aliphatic carbocycles. The zero-order valence-corrected chi connectivity index (χ0v) is 14.6. The lowest BCUT2D eigenvalue weighted by Crippen LogP contribution is -2.40. The van der Waals surface area contributed by atoms with E-state index in [-0.39, 0.29) is 28.1 Å². The van der Waals surface area contributed by atoms with Crippen LogP contribution in [-0.4, -0.2) is 56.4 Å². The van der Waals surface area contributed by atoms with Crippen LogP contribution in [-0.2, 0) is 19.4 Å². The number of carbonyl (C=O) groups excluding carboxylic acids is 2. The van der Waals surface area contributed by atoms with Crippen molar-refractivity contribution in [2.75, 3.05) is 25.2 Å². The summed E-state index contributed by atoms with van der Waals surface area (Å²) in [6.45, 7) is -0.466. The van der Waals surface area contributed by atoms with Crippen molar-refractivity contribution in [3.8, 4) is 0 Å². The Hall–Kier alpha value is -1.31. The number of hydrogen-bond donors (Lipinski definition) is 0.